The Labute approximate surface area is 326 Å². The standard InChI is InChI=1S/C40H51N9O5S/c1-24(2)35-38(53)43-28(6)40(54)47(7)16-17-48(21-30-26(4)18-25(3)19-33(30)49-15-11-14-41-49)22-34(50)44-31(20-29-12-9-8-10-13-29)39-45-32(23-55-39)37(52)42-27(5)36(51)46-35/h8-15,18-19,23-24,27-28,31,35H,16-17,20-22H2,1-7H3,(H,42,52)(H,43,53)(H,44,50)(H,46,51)/t27-,28+,31-,35-/m0/s1. The minimum atomic E-state index is -0.997. The normalized spacial score (nSPS) is 21.4. The van der Waals surface area contributed by atoms with Crippen molar-refractivity contribution >= 4 is 40.9 Å². The number of nitrogens with one attached hydrogen (secondary N) is 4. The van der Waals surface area contributed by atoms with Crippen LogP contribution in [0.4, 0.5) is 0 Å². The molecule has 15 heteroatoms. The summed E-state index contributed by atoms with van der Waals surface area (Å²) in [6, 6.07) is 12.3. The number of benzene rings is 2. The Morgan fingerprint density at radius 2 is 1.64 bits per heavy atom. The first kappa shape index (κ1) is 40.8. The minimum Gasteiger partial charge on any atom is -0.345 e. The smallest absolute Gasteiger partial charge is 0.271 e. The third kappa shape index (κ3) is 10.6. The Morgan fingerprint density at radius 1 is 0.891 bits per heavy atom. The Kier molecular flexibility index (Phi) is 13.5. The van der Waals surface area contributed by atoms with E-state index in [1.165, 1.54) is 23.2 Å². The third-order valence-corrected chi connectivity index (χ3v) is 10.6. The van der Waals surface area contributed by atoms with E-state index in [9.17, 15) is 24.0 Å². The summed E-state index contributed by atoms with van der Waals surface area (Å²) >= 11 is 1.24. The molecule has 0 saturated carbocycles. The van der Waals surface area contributed by atoms with Crippen LogP contribution in [0.3, 0.4) is 0 Å². The summed E-state index contributed by atoms with van der Waals surface area (Å²) in [6.45, 7) is 11.7. The van der Waals surface area contributed by atoms with Gasteiger partial charge >= 0.3 is 0 Å². The lowest BCUT2D eigenvalue weighted by atomic mass is 10.0. The van der Waals surface area contributed by atoms with E-state index in [4.69, 9.17) is 0 Å². The van der Waals surface area contributed by atoms with Crippen LogP contribution in [-0.2, 0) is 32.1 Å². The second-order valence-electron chi connectivity index (χ2n) is 14.5. The molecule has 1 aliphatic heterocycles. The van der Waals surface area contributed by atoms with E-state index in [-0.39, 0.29) is 36.5 Å². The fraction of sp³-hybridized carbons (Fsp3) is 0.425. The van der Waals surface area contributed by atoms with Gasteiger partial charge in [0.2, 0.25) is 23.6 Å². The van der Waals surface area contributed by atoms with E-state index in [2.05, 4.69) is 43.5 Å². The van der Waals surface area contributed by atoms with Crippen LogP contribution in [-0.4, -0.2) is 98.9 Å². The van der Waals surface area contributed by atoms with Gasteiger partial charge in [-0.25, -0.2) is 9.67 Å². The van der Waals surface area contributed by atoms with E-state index >= 15 is 0 Å². The number of nitrogens with zero attached hydrogens (tertiary/aromatic N) is 5. The molecule has 55 heavy (non-hydrogen) atoms. The molecule has 0 fully saturated rings. The molecule has 3 heterocycles. The molecule has 4 atom stereocenters. The van der Waals surface area contributed by atoms with Crippen LogP contribution in [0.5, 0.6) is 0 Å². The van der Waals surface area contributed by atoms with Crippen molar-refractivity contribution in [2.45, 2.75) is 78.7 Å². The molecular weight excluding hydrogens is 719 g/mol. The van der Waals surface area contributed by atoms with E-state index in [0.717, 1.165) is 27.9 Å². The van der Waals surface area contributed by atoms with Crippen molar-refractivity contribution in [1.29, 1.82) is 0 Å². The highest BCUT2D eigenvalue weighted by Gasteiger charge is 2.31. The maximum absolute atomic E-state index is 14.1. The van der Waals surface area contributed by atoms with Crippen molar-refractivity contribution in [2.24, 2.45) is 5.92 Å². The van der Waals surface area contributed by atoms with Crippen molar-refractivity contribution in [2.75, 3.05) is 26.7 Å². The van der Waals surface area contributed by atoms with Gasteiger partial charge in [-0.3, -0.25) is 28.9 Å². The first-order chi connectivity index (χ1) is 26.2. The number of hydrogen-bond donors (Lipinski definition) is 4. The number of amides is 5. The lowest BCUT2D eigenvalue weighted by Gasteiger charge is -2.29. The number of hydrogen-bond acceptors (Lipinski definition) is 9. The summed E-state index contributed by atoms with van der Waals surface area (Å²) in [5.74, 6) is -2.56. The highest BCUT2D eigenvalue weighted by atomic mass is 32.1. The van der Waals surface area contributed by atoms with Gasteiger partial charge in [-0.15, -0.1) is 11.3 Å². The Morgan fingerprint density at radius 3 is 2.33 bits per heavy atom. The number of carbonyl (C=O) groups excluding carboxylic acids is 5. The highest BCUT2D eigenvalue weighted by molar-refractivity contribution is 7.09. The van der Waals surface area contributed by atoms with Gasteiger partial charge in [-0.05, 0) is 74.4 Å². The number of aryl methyl sites for hydroxylation is 2. The van der Waals surface area contributed by atoms with Gasteiger partial charge in [0, 0.05) is 44.5 Å². The minimum absolute atomic E-state index is 0.00838. The summed E-state index contributed by atoms with van der Waals surface area (Å²) in [7, 11) is 1.66. The predicted octanol–water partition coefficient (Wildman–Crippen LogP) is 3.08. The van der Waals surface area contributed by atoms with Crippen LogP contribution in [0.2, 0.25) is 0 Å². The van der Waals surface area contributed by atoms with Crippen molar-refractivity contribution in [3.05, 3.63) is 99.3 Å². The van der Waals surface area contributed by atoms with Crippen LogP contribution >= 0.6 is 11.3 Å². The molecule has 0 saturated heterocycles. The van der Waals surface area contributed by atoms with E-state index in [0.29, 0.717) is 24.5 Å². The number of aromatic nitrogens is 3. The zero-order valence-corrected chi connectivity index (χ0v) is 33.3. The van der Waals surface area contributed by atoms with Crippen LogP contribution in [0.1, 0.15) is 71.5 Å². The molecule has 0 unspecified atom stereocenters. The molecular formula is C40H51N9O5S. The molecule has 2 aromatic carbocycles. The maximum Gasteiger partial charge on any atom is 0.271 e. The number of likely N-dealkylation sites (N-methyl/N-ethyl adjacent to an activating group) is 1. The molecule has 5 amide bonds. The second kappa shape index (κ2) is 18.3. The zero-order valence-electron chi connectivity index (χ0n) is 32.5. The van der Waals surface area contributed by atoms with Gasteiger partial charge in [0.25, 0.3) is 5.91 Å². The van der Waals surface area contributed by atoms with Crippen molar-refractivity contribution in [1.82, 2.24) is 45.8 Å². The average Bonchev–Trinajstić information content (AvgIpc) is 3.86. The molecule has 4 aromatic rings. The van der Waals surface area contributed by atoms with Crippen molar-refractivity contribution < 1.29 is 24.0 Å². The lowest BCUT2D eigenvalue weighted by Crippen LogP contribution is -2.57. The topological polar surface area (TPSA) is 171 Å². The highest BCUT2D eigenvalue weighted by Crippen LogP contribution is 2.25. The van der Waals surface area contributed by atoms with E-state index in [1.54, 1.807) is 39.4 Å². The molecule has 14 nitrogen and oxygen atoms in total. The average molecular weight is 770 g/mol. The Hall–Kier alpha value is -5.41. The lowest BCUT2D eigenvalue weighted by molar-refractivity contribution is -0.136. The largest absolute Gasteiger partial charge is 0.345 e. The summed E-state index contributed by atoms with van der Waals surface area (Å²) < 4.78 is 1.81. The molecule has 2 bridgehead atoms. The molecule has 2 aromatic heterocycles. The fourth-order valence-corrected chi connectivity index (χ4v) is 7.38. The summed E-state index contributed by atoms with van der Waals surface area (Å²) in [6.07, 6.45) is 4.02. The number of fused-ring (bicyclic) bond motifs is 2. The first-order valence-corrected chi connectivity index (χ1v) is 19.4. The molecule has 292 valence electrons. The molecule has 0 aliphatic carbocycles. The van der Waals surface area contributed by atoms with Crippen LogP contribution < -0.4 is 21.3 Å². The molecule has 1 aliphatic rings. The number of carbonyl (C=O) groups is 5. The fourth-order valence-electron chi connectivity index (χ4n) is 6.53. The summed E-state index contributed by atoms with van der Waals surface area (Å²) in [4.78, 5) is 75.8. The summed E-state index contributed by atoms with van der Waals surface area (Å²) in [5.41, 5.74) is 5.05. The second-order valence-corrected chi connectivity index (χ2v) is 15.4. The molecule has 0 spiro atoms. The van der Waals surface area contributed by atoms with Crippen molar-refractivity contribution in [3.8, 4) is 5.69 Å². The molecule has 4 N–H and O–H groups in total. The van der Waals surface area contributed by atoms with Gasteiger partial charge in [0.05, 0.1) is 18.3 Å². The van der Waals surface area contributed by atoms with Gasteiger partial charge in [-0.1, -0.05) is 50.2 Å². The maximum atomic E-state index is 14.1. The molecule has 5 rings (SSSR count). The zero-order chi connectivity index (χ0) is 39.8. The quantitative estimate of drug-likeness (QED) is 0.232. The third-order valence-electron chi connectivity index (χ3n) is 9.61. The van der Waals surface area contributed by atoms with Gasteiger partial charge in [0.15, 0.2) is 0 Å². The van der Waals surface area contributed by atoms with Gasteiger partial charge in [0.1, 0.15) is 28.8 Å². The predicted molar refractivity (Wildman–Crippen MR) is 210 cm³/mol. The van der Waals surface area contributed by atoms with Crippen molar-refractivity contribution in [3.63, 3.8) is 0 Å². The van der Waals surface area contributed by atoms with Crippen LogP contribution in [0.15, 0.2) is 66.3 Å². The van der Waals surface area contributed by atoms with Crippen LogP contribution in [0, 0.1) is 19.8 Å². The number of thiazole rings is 1. The number of rotatable bonds is 6. The first-order valence-electron chi connectivity index (χ1n) is 18.5. The van der Waals surface area contributed by atoms with Gasteiger partial charge < -0.3 is 26.2 Å². The van der Waals surface area contributed by atoms with Crippen LogP contribution in [0.25, 0.3) is 5.69 Å². The summed E-state index contributed by atoms with van der Waals surface area (Å²) in [5, 5.41) is 18.0. The van der Waals surface area contributed by atoms with E-state index < -0.39 is 41.9 Å². The Balaban J connectivity index is 1.50. The Bertz CT molecular complexity index is 1980. The SMILES string of the molecule is Cc1cc(C)c(CN2CCN(C)C(=O)[C@@H](C)NC(=O)[C@H](C(C)C)NC(=O)[C@H](C)NC(=O)c3csc(n3)[C@H](Cc3ccccc3)NC(=O)C2)c(-n2cccn2)c1. The van der Waals surface area contributed by atoms with Gasteiger partial charge in [-0.2, -0.15) is 5.10 Å². The van der Waals surface area contributed by atoms with E-state index in [1.807, 2.05) is 66.0 Å². The molecule has 0 radical (unpaired) electrons. The monoisotopic (exact) mass is 769 g/mol.